The third-order valence-corrected chi connectivity index (χ3v) is 6.15. The number of rotatable bonds is 6. The van der Waals surface area contributed by atoms with Crippen molar-refractivity contribution in [1.82, 2.24) is 4.31 Å². The summed E-state index contributed by atoms with van der Waals surface area (Å²) in [7, 11) is -3.59. The van der Waals surface area contributed by atoms with Gasteiger partial charge >= 0.3 is 0 Å². The maximum absolute atomic E-state index is 13.6. The lowest BCUT2D eigenvalue weighted by molar-refractivity contribution is -0.122. The van der Waals surface area contributed by atoms with Crippen LogP contribution in [0.15, 0.2) is 53.4 Å². The van der Waals surface area contributed by atoms with Gasteiger partial charge in [-0.25, -0.2) is 12.8 Å². The first-order valence-corrected chi connectivity index (χ1v) is 10.2. The summed E-state index contributed by atoms with van der Waals surface area (Å²) < 4.78 is 50.7. The van der Waals surface area contributed by atoms with E-state index in [2.05, 4.69) is 5.32 Å². The summed E-state index contributed by atoms with van der Waals surface area (Å²) in [6.45, 7) is 2.86. The highest BCUT2D eigenvalue weighted by molar-refractivity contribution is 7.89. The summed E-state index contributed by atoms with van der Waals surface area (Å²) in [4.78, 5) is 12.4. The fraction of sp³-hybridized carbons (Fsp3) is 0.316. The summed E-state index contributed by atoms with van der Waals surface area (Å²) in [6.07, 6.45) is -0.936. The molecule has 150 valence electrons. The zero-order chi connectivity index (χ0) is 20.1. The van der Waals surface area contributed by atoms with E-state index in [0.29, 0.717) is 32.0 Å². The standard InChI is InChI=1S/C19H21FN2O5S/c1-14(27-18-5-3-2-4-17(18)20)19(23)21-15-6-8-16(9-7-15)28(24,25)22-10-12-26-13-11-22/h2-9,14H,10-13H2,1H3,(H,21,23). The topological polar surface area (TPSA) is 84.9 Å². The molecule has 1 heterocycles. The monoisotopic (exact) mass is 408 g/mol. The van der Waals surface area contributed by atoms with Crippen LogP contribution in [0.5, 0.6) is 5.75 Å². The number of para-hydroxylation sites is 1. The molecule has 0 saturated carbocycles. The molecule has 1 fully saturated rings. The number of amides is 1. The molecule has 1 saturated heterocycles. The summed E-state index contributed by atoms with van der Waals surface area (Å²) in [5, 5.41) is 2.62. The molecule has 1 aliphatic rings. The van der Waals surface area contributed by atoms with Crippen LogP contribution in [0.1, 0.15) is 6.92 Å². The van der Waals surface area contributed by atoms with Crippen molar-refractivity contribution in [1.29, 1.82) is 0 Å². The summed E-state index contributed by atoms with van der Waals surface area (Å²) in [6, 6.07) is 11.7. The largest absolute Gasteiger partial charge is 0.478 e. The predicted octanol–water partition coefficient (Wildman–Crippen LogP) is 2.25. The number of carbonyl (C=O) groups excluding carboxylic acids is 1. The molecule has 1 aliphatic heterocycles. The van der Waals surface area contributed by atoms with Crippen LogP contribution < -0.4 is 10.1 Å². The van der Waals surface area contributed by atoms with E-state index in [-0.39, 0.29) is 10.6 Å². The number of hydrogen-bond acceptors (Lipinski definition) is 5. The second-order valence-corrected chi connectivity index (χ2v) is 8.16. The molecule has 3 rings (SSSR count). The number of morpholine rings is 1. The van der Waals surface area contributed by atoms with E-state index in [1.165, 1.54) is 53.7 Å². The van der Waals surface area contributed by atoms with Crippen LogP contribution in [0.25, 0.3) is 0 Å². The summed E-state index contributed by atoms with van der Waals surface area (Å²) in [5.41, 5.74) is 0.412. The van der Waals surface area contributed by atoms with Crippen LogP contribution >= 0.6 is 0 Å². The van der Waals surface area contributed by atoms with Crippen molar-refractivity contribution >= 4 is 21.6 Å². The number of nitrogens with zero attached hydrogens (tertiary/aromatic N) is 1. The third kappa shape index (κ3) is 4.67. The Morgan fingerprint density at radius 3 is 2.43 bits per heavy atom. The Kier molecular flexibility index (Phi) is 6.28. The number of nitrogens with one attached hydrogen (secondary N) is 1. The number of anilines is 1. The number of hydrogen-bond donors (Lipinski definition) is 1. The Bertz CT molecular complexity index is 928. The van der Waals surface area contributed by atoms with Gasteiger partial charge in [-0.3, -0.25) is 4.79 Å². The second-order valence-electron chi connectivity index (χ2n) is 6.22. The lowest BCUT2D eigenvalue weighted by Crippen LogP contribution is -2.40. The molecule has 9 heteroatoms. The van der Waals surface area contributed by atoms with Crippen molar-refractivity contribution < 1.29 is 27.1 Å². The quantitative estimate of drug-likeness (QED) is 0.793. The van der Waals surface area contributed by atoms with Gasteiger partial charge in [-0.05, 0) is 43.3 Å². The molecule has 2 aromatic rings. The third-order valence-electron chi connectivity index (χ3n) is 4.24. The van der Waals surface area contributed by atoms with Gasteiger partial charge in [-0.15, -0.1) is 0 Å². The fourth-order valence-corrected chi connectivity index (χ4v) is 4.08. The maximum Gasteiger partial charge on any atom is 0.265 e. The van der Waals surface area contributed by atoms with Crippen molar-refractivity contribution in [2.75, 3.05) is 31.6 Å². The van der Waals surface area contributed by atoms with Crippen molar-refractivity contribution in [3.63, 3.8) is 0 Å². The van der Waals surface area contributed by atoms with Crippen LogP contribution in [-0.4, -0.2) is 51.0 Å². The Labute approximate surface area is 163 Å². The van der Waals surface area contributed by atoms with Gasteiger partial charge in [0.05, 0.1) is 18.1 Å². The first-order chi connectivity index (χ1) is 13.4. The number of carbonyl (C=O) groups is 1. The van der Waals surface area contributed by atoms with E-state index in [4.69, 9.17) is 9.47 Å². The van der Waals surface area contributed by atoms with Crippen molar-refractivity contribution in [2.45, 2.75) is 17.9 Å². The van der Waals surface area contributed by atoms with Crippen LogP contribution in [0, 0.1) is 5.82 Å². The average molecular weight is 408 g/mol. The van der Waals surface area contributed by atoms with Gasteiger partial charge in [0, 0.05) is 18.8 Å². The smallest absolute Gasteiger partial charge is 0.265 e. The molecular weight excluding hydrogens is 387 g/mol. The highest BCUT2D eigenvalue weighted by Gasteiger charge is 2.26. The Balaban J connectivity index is 1.63. The molecular formula is C19H21FN2O5S. The van der Waals surface area contributed by atoms with Gasteiger partial charge in [0.25, 0.3) is 5.91 Å². The fourth-order valence-electron chi connectivity index (χ4n) is 2.67. The summed E-state index contributed by atoms with van der Waals surface area (Å²) >= 11 is 0. The molecule has 1 amide bonds. The Morgan fingerprint density at radius 1 is 1.14 bits per heavy atom. The van der Waals surface area contributed by atoms with Gasteiger partial charge < -0.3 is 14.8 Å². The van der Waals surface area contributed by atoms with E-state index >= 15 is 0 Å². The number of sulfonamides is 1. The molecule has 0 radical (unpaired) electrons. The molecule has 1 atom stereocenters. The van der Waals surface area contributed by atoms with E-state index < -0.39 is 27.9 Å². The number of benzene rings is 2. The average Bonchev–Trinajstić information content (AvgIpc) is 2.70. The molecule has 0 aromatic heterocycles. The number of ether oxygens (including phenoxy) is 2. The lowest BCUT2D eigenvalue weighted by atomic mass is 10.3. The van der Waals surface area contributed by atoms with Crippen molar-refractivity contribution in [2.24, 2.45) is 0 Å². The number of halogens is 1. The van der Waals surface area contributed by atoms with Crippen LogP contribution in [0.2, 0.25) is 0 Å². The van der Waals surface area contributed by atoms with Gasteiger partial charge in [0.1, 0.15) is 0 Å². The summed E-state index contributed by atoms with van der Waals surface area (Å²) in [5.74, 6) is -1.05. The second kappa shape index (κ2) is 8.68. The minimum Gasteiger partial charge on any atom is -0.478 e. The van der Waals surface area contributed by atoms with Crippen LogP contribution in [-0.2, 0) is 19.6 Å². The van der Waals surface area contributed by atoms with Crippen molar-refractivity contribution in [3.05, 3.63) is 54.3 Å². The Morgan fingerprint density at radius 2 is 1.79 bits per heavy atom. The van der Waals surface area contributed by atoms with E-state index in [0.717, 1.165) is 0 Å². The van der Waals surface area contributed by atoms with E-state index in [1.807, 2.05) is 0 Å². The van der Waals surface area contributed by atoms with Crippen LogP contribution in [0.4, 0.5) is 10.1 Å². The molecule has 1 N–H and O–H groups in total. The molecule has 2 aromatic carbocycles. The molecule has 0 bridgehead atoms. The van der Waals surface area contributed by atoms with E-state index in [9.17, 15) is 17.6 Å². The first kappa shape index (κ1) is 20.2. The first-order valence-electron chi connectivity index (χ1n) is 8.78. The van der Waals surface area contributed by atoms with Crippen LogP contribution in [0.3, 0.4) is 0 Å². The normalized spacial score (nSPS) is 16.4. The predicted molar refractivity (Wildman–Crippen MR) is 101 cm³/mol. The SMILES string of the molecule is CC(Oc1ccccc1F)C(=O)Nc1ccc(S(=O)(=O)N2CCOCC2)cc1. The molecule has 7 nitrogen and oxygen atoms in total. The highest BCUT2D eigenvalue weighted by atomic mass is 32.2. The zero-order valence-corrected chi connectivity index (χ0v) is 16.1. The molecule has 0 aliphatic carbocycles. The maximum atomic E-state index is 13.6. The van der Waals surface area contributed by atoms with Gasteiger partial charge in [0.15, 0.2) is 17.7 Å². The lowest BCUT2D eigenvalue weighted by Gasteiger charge is -2.26. The highest BCUT2D eigenvalue weighted by Crippen LogP contribution is 2.20. The zero-order valence-electron chi connectivity index (χ0n) is 15.3. The van der Waals surface area contributed by atoms with Gasteiger partial charge in [0.2, 0.25) is 10.0 Å². The molecule has 1 unspecified atom stereocenters. The molecule has 28 heavy (non-hydrogen) atoms. The van der Waals surface area contributed by atoms with Gasteiger partial charge in [-0.1, -0.05) is 12.1 Å². The Hall–Kier alpha value is -2.49. The molecule has 0 spiro atoms. The van der Waals surface area contributed by atoms with E-state index in [1.54, 1.807) is 6.07 Å². The van der Waals surface area contributed by atoms with Gasteiger partial charge in [-0.2, -0.15) is 4.31 Å². The van der Waals surface area contributed by atoms with Crippen molar-refractivity contribution in [3.8, 4) is 5.75 Å². The minimum absolute atomic E-state index is 0.0166. The minimum atomic E-state index is -3.59.